The second-order valence-electron chi connectivity index (χ2n) is 8.54. The molecular formula is C22H23F2N5O3S. The second-order valence-corrected chi connectivity index (χ2v) is 11.1. The molecule has 1 fully saturated rings. The van der Waals surface area contributed by atoms with Crippen LogP contribution in [-0.4, -0.2) is 42.5 Å². The summed E-state index contributed by atoms with van der Waals surface area (Å²) in [5.41, 5.74) is 5.70. The van der Waals surface area contributed by atoms with Gasteiger partial charge in [0.05, 0.1) is 10.8 Å². The molecule has 3 atom stereocenters. The average molecular weight is 476 g/mol. The Morgan fingerprint density at radius 2 is 2.15 bits per heavy atom. The number of aryl methyl sites for hydroxylation is 1. The number of amides is 1. The van der Waals surface area contributed by atoms with Gasteiger partial charge < -0.3 is 11.1 Å². The second kappa shape index (κ2) is 7.76. The number of fused-ring (bicyclic) bond motifs is 2. The third-order valence-corrected chi connectivity index (χ3v) is 9.80. The van der Waals surface area contributed by atoms with Gasteiger partial charge in [0, 0.05) is 17.4 Å². The summed E-state index contributed by atoms with van der Waals surface area (Å²) in [5.74, 6) is -1.48. The molecule has 1 saturated heterocycles. The monoisotopic (exact) mass is 475 g/mol. The van der Waals surface area contributed by atoms with E-state index in [1.165, 1.54) is 31.3 Å². The van der Waals surface area contributed by atoms with E-state index in [-0.39, 0.29) is 35.6 Å². The predicted molar refractivity (Wildman–Crippen MR) is 122 cm³/mol. The molecule has 3 heterocycles. The fourth-order valence-corrected chi connectivity index (χ4v) is 7.51. The number of halogens is 2. The standard InChI is InChI=1S/C22H23F2N5O3S/c1-12-7-13(9-25)10-27-18(12)19(30)28-14-3-4-16(24)15(8-14)21(2)17-5-6-22(11-23,20(26)29-21)33(17,31)32/h3-4,7-8,10,17,31-32H,5-6,11H2,1-2H3,(H2,26,29)(H,28,30)/t17-,21+,22-/m0/s1. The van der Waals surface area contributed by atoms with Crippen molar-refractivity contribution in [2.24, 2.45) is 10.7 Å². The van der Waals surface area contributed by atoms with E-state index < -0.39 is 44.5 Å². The number of alkyl halides is 1. The number of amidine groups is 1. The van der Waals surface area contributed by atoms with Gasteiger partial charge in [0.15, 0.2) is 0 Å². The molecule has 0 radical (unpaired) electrons. The van der Waals surface area contributed by atoms with Crippen LogP contribution in [0.1, 0.15) is 46.9 Å². The Kier molecular flexibility index (Phi) is 5.43. The third-order valence-electron chi connectivity index (χ3n) is 6.64. The highest BCUT2D eigenvalue weighted by Crippen LogP contribution is 2.71. The zero-order chi connectivity index (χ0) is 24.2. The largest absolute Gasteiger partial charge is 0.386 e. The third kappa shape index (κ3) is 3.28. The van der Waals surface area contributed by atoms with Crippen LogP contribution < -0.4 is 11.1 Å². The zero-order valence-corrected chi connectivity index (χ0v) is 18.8. The minimum Gasteiger partial charge on any atom is -0.386 e. The lowest BCUT2D eigenvalue weighted by Gasteiger charge is -2.54. The van der Waals surface area contributed by atoms with Gasteiger partial charge in [-0.1, -0.05) is 0 Å². The number of carbonyl (C=O) groups excluding carboxylic acids is 1. The number of benzene rings is 1. The predicted octanol–water partition coefficient (Wildman–Crippen LogP) is 3.86. The minimum absolute atomic E-state index is 0.00657. The highest BCUT2D eigenvalue weighted by atomic mass is 32.3. The Hall–Kier alpha value is -3.07. The quantitative estimate of drug-likeness (QED) is 0.528. The lowest BCUT2D eigenvalue weighted by Crippen LogP contribution is -2.55. The van der Waals surface area contributed by atoms with Gasteiger partial charge >= 0.3 is 0 Å². The van der Waals surface area contributed by atoms with Crippen molar-refractivity contribution in [1.82, 2.24) is 4.98 Å². The molecule has 33 heavy (non-hydrogen) atoms. The summed E-state index contributed by atoms with van der Waals surface area (Å²) in [6.45, 7) is 2.11. The van der Waals surface area contributed by atoms with Gasteiger partial charge in [-0.05, 0) is 56.5 Å². The Labute approximate surface area is 190 Å². The van der Waals surface area contributed by atoms with Crippen molar-refractivity contribution in [3.63, 3.8) is 0 Å². The van der Waals surface area contributed by atoms with Crippen molar-refractivity contribution in [2.45, 2.75) is 42.2 Å². The maximum atomic E-state index is 15.0. The Balaban J connectivity index is 1.72. The number of nitriles is 1. The molecule has 5 N–H and O–H groups in total. The molecule has 0 saturated carbocycles. The number of pyridine rings is 1. The number of rotatable bonds is 4. The van der Waals surface area contributed by atoms with Gasteiger partial charge in [0.1, 0.15) is 40.4 Å². The number of aromatic nitrogens is 1. The van der Waals surface area contributed by atoms with Gasteiger partial charge in [0.25, 0.3) is 5.91 Å². The molecule has 0 aliphatic carbocycles. The Morgan fingerprint density at radius 3 is 2.79 bits per heavy atom. The Morgan fingerprint density at radius 1 is 1.42 bits per heavy atom. The fraction of sp³-hybridized carbons (Fsp3) is 0.364. The van der Waals surface area contributed by atoms with Gasteiger partial charge in [0.2, 0.25) is 0 Å². The van der Waals surface area contributed by atoms with Crippen LogP contribution in [0.4, 0.5) is 14.5 Å². The summed E-state index contributed by atoms with van der Waals surface area (Å²) in [7, 11) is -3.57. The van der Waals surface area contributed by atoms with E-state index in [4.69, 9.17) is 11.0 Å². The zero-order valence-electron chi connectivity index (χ0n) is 18.0. The Bertz CT molecular complexity index is 1230. The van der Waals surface area contributed by atoms with Gasteiger partial charge in [-0.3, -0.25) is 18.9 Å². The van der Waals surface area contributed by atoms with Crippen molar-refractivity contribution in [2.75, 3.05) is 12.0 Å². The van der Waals surface area contributed by atoms with E-state index in [1.807, 2.05) is 6.07 Å². The number of carbonyl (C=O) groups is 1. The molecule has 2 aromatic rings. The molecule has 1 aromatic carbocycles. The molecule has 8 nitrogen and oxygen atoms in total. The first-order valence-electron chi connectivity index (χ1n) is 10.2. The average Bonchev–Trinajstić information content (AvgIpc) is 2.98. The van der Waals surface area contributed by atoms with E-state index in [1.54, 1.807) is 6.92 Å². The molecular weight excluding hydrogens is 452 g/mol. The summed E-state index contributed by atoms with van der Waals surface area (Å²) in [6.07, 6.45) is 1.58. The molecule has 11 heteroatoms. The van der Waals surface area contributed by atoms with Crippen LogP contribution in [-0.2, 0) is 5.54 Å². The molecule has 0 spiro atoms. The summed E-state index contributed by atoms with van der Waals surface area (Å²) < 4.78 is 49.1. The maximum absolute atomic E-state index is 15.0. The van der Waals surface area contributed by atoms with E-state index in [9.17, 15) is 22.7 Å². The van der Waals surface area contributed by atoms with Crippen LogP contribution >= 0.6 is 10.6 Å². The number of anilines is 1. The van der Waals surface area contributed by atoms with Gasteiger partial charge in [-0.25, -0.2) is 13.8 Å². The number of hydrogen-bond donors (Lipinski definition) is 4. The van der Waals surface area contributed by atoms with Crippen LogP contribution in [0.25, 0.3) is 0 Å². The molecule has 2 aliphatic heterocycles. The molecule has 1 aromatic heterocycles. The normalized spacial score (nSPS) is 28.5. The number of nitrogens with one attached hydrogen (secondary N) is 1. The van der Waals surface area contributed by atoms with Crippen LogP contribution in [0, 0.1) is 24.1 Å². The summed E-state index contributed by atoms with van der Waals surface area (Å²) in [4.78, 5) is 21.1. The minimum atomic E-state index is -3.57. The molecule has 1 amide bonds. The van der Waals surface area contributed by atoms with Crippen LogP contribution in [0.5, 0.6) is 0 Å². The van der Waals surface area contributed by atoms with Gasteiger partial charge in [-0.15, -0.1) is 0 Å². The van der Waals surface area contributed by atoms with E-state index in [0.29, 0.717) is 11.1 Å². The number of nitrogens with zero attached hydrogens (tertiary/aromatic N) is 3. The SMILES string of the molecule is Cc1cc(C#N)cnc1C(=O)Nc1ccc(F)c([C@@]2(C)N=C(N)[C@@]3(CF)CC[C@@H]2S3(O)O)c1. The summed E-state index contributed by atoms with van der Waals surface area (Å²) in [5, 5.41) is 10.7. The highest BCUT2D eigenvalue weighted by Gasteiger charge is 2.65. The lowest BCUT2D eigenvalue weighted by atomic mass is 9.86. The molecule has 4 rings (SSSR count). The number of nitrogens with two attached hydrogens (primary N) is 1. The van der Waals surface area contributed by atoms with Crippen molar-refractivity contribution >= 4 is 28.0 Å². The van der Waals surface area contributed by atoms with Crippen LogP contribution in [0.3, 0.4) is 0 Å². The first-order valence-corrected chi connectivity index (χ1v) is 11.8. The van der Waals surface area contributed by atoms with E-state index in [0.717, 1.165) is 6.07 Å². The summed E-state index contributed by atoms with van der Waals surface area (Å²) >= 11 is 0. The van der Waals surface area contributed by atoms with E-state index >= 15 is 0 Å². The number of aliphatic imine (C=N–C) groups is 1. The maximum Gasteiger partial charge on any atom is 0.274 e. The molecule has 174 valence electrons. The number of hydrogen-bond acceptors (Lipinski definition) is 7. The van der Waals surface area contributed by atoms with Crippen molar-refractivity contribution in [1.29, 1.82) is 5.26 Å². The smallest absolute Gasteiger partial charge is 0.274 e. The fourth-order valence-electron chi connectivity index (χ4n) is 4.76. The first kappa shape index (κ1) is 23.1. The van der Waals surface area contributed by atoms with Crippen molar-refractivity contribution in [3.8, 4) is 6.07 Å². The molecule has 2 aliphatic rings. The van der Waals surface area contributed by atoms with Crippen LogP contribution in [0.2, 0.25) is 0 Å². The van der Waals surface area contributed by atoms with E-state index in [2.05, 4.69) is 15.3 Å². The van der Waals surface area contributed by atoms with Gasteiger partial charge in [-0.2, -0.15) is 15.9 Å². The van der Waals surface area contributed by atoms with Crippen molar-refractivity contribution in [3.05, 3.63) is 58.7 Å². The molecule has 2 bridgehead atoms. The van der Waals surface area contributed by atoms with Crippen LogP contribution in [0.15, 0.2) is 35.5 Å². The summed E-state index contributed by atoms with van der Waals surface area (Å²) in [6, 6.07) is 7.33. The lowest BCUT2D eigenvalue weighted by molar-refractivity contribution is 0.102. The first-order chi connectivity index (χ1) is 15.5. The topological polar surface area (TPSA) is 145 Å². The highest BCUT2D eigenvalue weighted by molar-refractivity contribution is 8.26. The van der Waals surface area contributed by atoms with Crippen molar-refractivity contribution < 1.29 is 22.7 Å². The molecule has 0 unspecified atom stereocenters.